The summed E-state index contributed by atoms with van der Waals surface area (Å²) in [5, 5.41) is 9.53. The average Bonchev–Trinajstić information content (AvgIpc) is 3.21. The lowest BCUT2D eigenvalue weighted by atomic mass is 10.3. The highest BCUT2D eigenvalue weighted by atomic mass is 79.9. The van der Waals surface area contributed by atoms with Crippen molar-refractivity contribution < 1.29 is 4.52 Å². The second-order valence-corrected chi connectivity index (χ2v) is 7.30. The van der Waals surface area contributed by atoms with Crippen LogP contribution in [0.2, 0.25) is 0 Å². The Bertz CT molecular complexity index is 634. The lowest BCUT2D eigenvalue weighted by molar-refractivity contribution is 0.169. The standard InChI is InChI=1S/C15H20BrN5OS/c1-17-15(18-9-14-8-12(16)11-23-14)21-5-3-20(4-6-21)10-13-2-7-22-19-13/h2,7-8,11H,3-6,9-10H2,1H3,(H,17,18). The number of aliphatic imine (C=N–C) groups is 1. The molecule has 124 valence electrons. The van der Waals surface area contributed by atoms with E-state index in [0.29, 0.717) is 0 Å². The Kier molecular flexibility index (Phi) is 5.69. The third-order valence-corrected chi connectivity index (χ3v) is 5.50. The van der Waals surface area contributed by atoms with Crippen LogP contribution in [0.4, 0.5) is 0 Å². The fourth-order valence-corrected chi connectivity index (χ4v) is 4.00. The number of aromatic nitrogens is 1. The molecule has 0 saturated carbocycles. The van der Waals surface area contributed by atoms with Crippen LogP contribution in [0.5, 0.6) is 0 Å². The predicted molar refractivity (Wildman–Crippen MR) is 95.6 cm³/mol. The van der Waals surface area contributed by atoms with Crippen LogP contribution in [0.25, 0.3) is 0 Å². The largest absolute Gasteiger partial charge is 0.364 e. The molecule has 0 atom stereocenters. The van der Waals surface area contributed by atoms with Crippen molar-refractivity contribution in [2.75, 3.05) is 33.2 Å². The molecule has 8 heteroatoms. The molecule has 0 unspecified atom stereocenters. The number of rotatable bonds is 4. The number of guanidine groups is 1. The summed E-state index contributed by atoms with van der Waals surface area (Å²) in [6, 6.07) is 4.06. The molecule has 2 aromatic heterocycles. The monoisotopic (exact) mass is 397 g/mol. The first-order chi connectivity index (χ1) is 11.2. The molecule has 1 aliphatic heterocycles. The third kappa shape index (κ3) is 4.55. The van der Waals surface area contributed by atoms with Gasteiger partial charge in [-0.25, -0.2) is 0 Å². The van der Waals surface area contributed by atoms with E-state index in [0.717, 1.165) is 55.4 Å². The normalized spacial score (nSPS) is 16.8. The van der Waals surface area contributed by atoms with Gasteiger partial charge in [-0.1, -0.05) is 5.16 Å². The lowest BCUT2D eigenvalue weighted by Gasteiger charge is -2.36. The van der Waals surface area contributed by atoms with Crippen LogP contribution in [0, 0.1) is 0 Å². The van der Waals surface area contributed by atoms with Gasteiger partial charge in [-0.3, -0.25) is 9.89 Å². The van der Waals surface area contributed by atoms with Crippen molar-refractivity contribution in [1.29, 1.82) is 0 Å². The molecule has 0 radical (unpaired) electrons. The van der Waals surface area contributed by atoms with E-state index in [4.69, 9.17) is 4.52 Å². The van der Waals surface area contributed by atoms with E-state index in [1.54, 1.807) is 17.6 Å². The molecule has 6 nitrogen and oxygen atoms in total. The third-order valence-electron chi connectivity index (χ3n) is 3.80. The predicted octanol–water partition coefficient (Wildman–Crippen LogP) is 2.39. The Morgan fingerprint density at radius 3 is 2.87 bits per heavy atom. The maximum Gasteiger partial charge on any atom is 0.194 e. The van der Waals surface area contributed by atoms with Crippen molar-refractivity contribution in [2.24, 2.45) is 4.99 Å². The van der Waals surface area contributed by atoms with Crippen LogP contribution in [-0.4, -0.2) is 54.1 Å². The molecule has 1 aliphatic rings. The molecule has 0 aromatic carbocycles. The van der Waals surface area contributed by atoms with Gasteiger partial charge in [-0.2, -0.15) is 0 Å². The average molecular weight is 398 g/mol. The first-order valence-electron chi connectivity index (χ1n) is 7.54. The number of hydrogen-bond donors (Lipinski definition) is 1. The van der Waals surface area contributed by atoms with E-state index >= 15 is 0 Å². The van der Waals surface area contributed by atoms with Gasteiger partial charge in [0.1, 0.15) is 6.26 Å². The van der Waals surface area contributed by atoms with Crippen LogP contribution < -0.4 is 5.32 Å². The molecule has 1 N–H and O–H groups in total. The van der Waals surface area contributed by atoms with Crippen LogP contribution in [0.3, 0.4) is 0 Å². The topological polar surface area (TPSA) is 56.9 Å². The minimum atomic E-state index is 0.808. The fraction of sp³-hybridized carbons (Fsp3) is 0.467. The zero-order valence-corrected chi connectivity index (χ0v) is 15.4. The van der Waals surface area contributed by atoms with Gasteiger partial charge < -0.3 is 14.7 Å². The molecule has 1 fully saturated rings. The summed E-state index contributed by atoms with van der Waals surface area (Å²) in [4.78, 5) is 10.4. The van der Waals surface area contributed by atoms with Crippen LogP contribution in [-0.2, 0) is 13.1 Å². The van der Waals surface area contributed by atoms with Gasteiger partial charge in [0.05, 0.1) is 12.2 Å². The van der Waals surface area contributed by atoms with Crippen LogP contribution >= 0.6 is 27.3 Å². The number of piperazine rings is 1. The Labute approximate surface area is 148 Å². The van der Waals surface area contributed by atoms with Crippen molar-refractivity contribution >= 4 is 33.2 Å². The Balaban J connectivity index is 1.47. The summed E-state index contributed by atoms with van der Waals surface area (Å²) in [5.74, 6) is 0.968. The van der Waals surface area contributed by atoms with Crippen molar-refractivity contribution in [2.45, 2.75) is 13.1 Å². The van der Waals surface area contributed by atoms with Gasteiger partial charge in [0, 0.05) is 60.6 Å². The Morgan fingerprint density at radius 1 is 1.43 bits per heavy atom. The molecule has 3 rings (SSSR count). The second kappa shape index (κ2) is 7.94. The zero-order chi connectivity index (χ0) is 16.1. The number of nitrogens with zero attached hydrogens (tertiary/aromatic N) is 4. The van der Waals surface area contributed by atoms with Crippen molar-refractivity contribution in [1.82, 2.24) is 20.3 Å². The summed E-state index contributed by atoms with van der Waals surface area (Å²) in [6.07, 6.45) is 1.63. The SMILES string of the molecule is CN=C(NCc1cc(Br)cs1)N1CCN(Cc2ccon2)CC1. The van der Waals surface area contributed by atoms with Gasteiger partial charge in [-0.15, -0.1) is 11.3 Å². The summed E-state index contributed by atoms with van der Waals surface area (Å²) in [7, 11) is 1.84. The maximum absolute atomic E-state index is 4.89. The van der Waals surface area contributed by atoms with Gasteiger partial charge in [-0.05, 0) is 22.0 Å². The van der Waals surface area contributed by atoms with E-state index in [-0.39, 0.29) is 0 Å². The minimum Gasteiger partial charge on any atom is -0.364 e. The van der Waals surface area contributed by atoms with Gasteiger partial charge in [0.15, 0.2) is 5.96 Å². The molecule has 0 aliphatic carbocycles. The van der Waals surface area contributed by atoms with Gasteiger partial charge in [0.2, 0.25) is 0 Å². The van der Waals surface area contributed by atoms with Crippen molar-refractivity contribution in [3.63, 3.8) is 0 Å². The molecule has 2 aromatic rings. The zero-order valence-electron chi connectivity index (χ0n) is 13.0. The molecular formula is C15H20BrN5OS. The molecule has 0 spiro atoms. The number of nitrogens with one attached hydrogen (secondary N) is 1. The first-order valence-corrected chi connectivity index (χ1v) is 9.22. The van der Waals surface area contributed by atoms with Crippen LogP contribution in [0.1, 0.15) is 10.6 Å². The minimum absolute atomic E-state index is 0.808. The molecule has 3 heterocycles. The summed E-state index contributed by atoms with van der Waals surface area (Å²) < 4.78 is 6.02. The molecular weight excluding hydrogens is 378 g/mol. The Morgan fingerprint density at radius 2 is 2.26 bits per heavy atom. The maximum atomic E-state index is 4.89. The summed E-state index contributed by atoms with van der Waals surface area (Å²) in [6.45, 7) is 5.58. The van der Waals surface area contributed by atoms with E-state index in [1.165, 1.54) is 4.88 Å². The van der Waals surface area contributed by atoms with E-state index in [2.05, 4.69) is 52.6 Å². The summed E-state index contributed by atoms with van der Waals surface area (Å²) >= 11 is 5.23. The molecule has 0 bridgehead atoms. The first kappa shape index (κ1) is 16.5. The highest BCUT2D eigenvalue weighted by molar-refractivity contribution is 9.10. The van der Waals surface area contributed by atoms with Crippen molar-refractivity contribution in [3.8, 4) is 0 Å². The fourth-order valence-electron chi connectivity index (χ4n) is 2.61. The molecule has 1 saturated heterocycles. The van der Waals surface area contributed by atoms with Crippen LogP contribution in [0.15, 0.2) is 37.8 Å². The van der Waals surface area contributed by atoms with Gasteiger partial charge in [0.25, 0.3) is 0 Å². The second-order valence-electron chi connectivity index (χ2n) is 5.39. The van der Waals surface area contributed by atoms with Crippen molar-refractivity contribution in [3.05, 3.63) is 38.8 Å². The van der Waals surface area contributed by atoms with Gasteiger partial charge >= 0.3 is 0 Å². The molecule has 23 heavy (non-hydrogen) atoms. The Hall–Kier alpha value is -1.38. The highest BCUT2D eigenvalue weighted by Gasteiger charge is 2.20. The quantitative estimate of drug-likeness (QED) is 0.633. The summed E-state index contributed by atoms with van der Waals surface area (Å²) in [5.41, 5.74) is 0.990. The smallest absolute Gasteiger partial charge is 0.194 e. The lowest BCUT2D eigenvalue weighted by Crippen LogP contribution is -2.52. The van der Waals surface area contributed by atoms with E-state index < -0.39 is 0 Å². The van der Waals surface area contributed by atoms with E-state index in [9.17, 15) is 0 Å². The molecule has 0 amide bonds. The highest BCUT2D eigenvalue weighted by Crippen LogP contribution is 2.19. The van der Waals surface area contributed by atoms with E-state index in [1.807, 2.05) is 13.1 Å². The number of hydrogen-bond acceptors (Lipinski definition) is 5. The number of thiophene rings is 1. The number of halogens is 1.